The second kappa shape index (κ2) is 6.46. The van der Waals surface area contributed by atoms with E-state index in [2.05, 4.69) is 26.2 Å². The molecule has 1 aromatic rings. The minimum Gasteiger partial charge on any atom is -0.377 e. The molecule has 3 rings (SSSR count). The number of aryl methyl sites for hydroxylation is 1. The van der Waals surface area contributed by atoms with Gasteiger partial charge in [0, 0.05) is 39.3 Å². The zero-order valence-electron chi connectivity index (χ0n) is 13.2. The minimum absolute atomic E-state index is 0.0682. The zero-order chi connectivity index (χ0) is 16.3. The van der Waals surface area contributed by atoms with Crippen LogP contribution in [0.2, 0.25) is 0 Å². The fourth-order valence-corrected chi connectivity index (χ4v) is 2.84. The molecule has 0 bridgehead atoms. The molecule has 1 aromatic heterocycles. The van der Waals surface area contributed by atoms with Crippen LogP contribution in [0.3, 0.4) is 0 Å². The van der Waals surface area contributed by atoms with Crippen molar-refractivity contribution in [3.63, 3.8) is 0 Å². The van der Waals surface area contributed by atoms with Crippen molar-refractivity contribution >= 4 is 5.91 Å². The number of amides is 1. The molecule has 1 unspecified atom stereocenters. The van der Waals surface area contributed by atoms with Gasteiger partial charge in [0.15, 0.2) is 11.5 Å². The fourth-order valence-electron chi connectivity index (χ4n) is 2.84. The molecule has 0 N–H and O–H groups in total. The summed E-state index contributed by atoms with van der Waals surface area (Å²) in [4.78, 5) is 18.7. The lowest BCUT2D eigenvalue weighted by molar-refractivity contribution is -0.141. The number of rotatable bonds is 6. The van der Waals surface area contributed by atoms with Gasteiger partial charge in [0.2, 0.25) is 5.91 Å². The maximum absolute atomic E-state index is 12.7. The lowest BCUT2D eigenvalue weighted by Crippen LogP contribution is -2.44. The van der Waals surface area contributed by atoms with Crippen molar-refractivity contribution in [2.75, 3.05) is 19.8 Å². The third-order valence-electron chi connectivity index (χ3n) is 4.29. The van der Waals surface area contributed by atoms with Crippen LogP contribution in [0.1, 0.15) is 37.5 Å². The summed E-state index contributed by atoms with van der Waals surface area (Å²) in [6.07, 6.45) is 9.12. The standard InChI is InChI=1S/C15H20N6O2/c1-3-4-6-15(18-19-15)7-5-13(22)21-8-9-23-10-12(21)14-16-11-17-20(14)2/h1,11-12H,4-10H2,2H3. The average Bonchev–Trinajstić information content (AvgIpc) is 3.23. The fraction of sp³-hybridized carbons (Fsp3) is 0.667. The summed E-state index contributed by atoms with van der Waals surface area (Å²) < 4.78 is 7.20. The van der Waals surface area contributed by atoms with Crippen LogP contribution in [-0.4, -0.2) is 51.0 Å². The number of hydrogen-bond donors (Lipinski definition) is 0. The van der Waals surface area contributed by atoms with Gasteiger partial charge < -0.3 is 9.64 Å². The molecule has 8 nitrogen and oxygen atoms in total. The number of carbonyl (C=O) groups is 1. The summed E-state index contributed by atoms with van der Waals surface area (Å²) in [5, 5.41) is 12.2. The Kier molecular flexibility index (Phi) is 4.39. The maximum Gasteiger partial charge on any atom is 0.223 e. The van der Waals surface area contributed by atoms with Crippen molar-refractivity contribution in [1.29, 1.82) is 0 Å². The number of carbonyl (C=O) groups excluding carboxylic acids is 1. The minimum atomic E-state index is -0.422. The van der Waals surface area contributed by atoms with Crippen LogP contribution in [0.5, 0.6) is 0 Å². The molecular formula is C15H20N6O2. The largest absolute Gasteiger partial charge is 0.377 e. The molecule has 8 heteroatoms. The van der Waals surface area contributed by atoms with E-state index in [1.165, 1.54) is 6.33 Å². The number of nitrogens with zero attached hydrogens (tertiary/aromatic N) is 6. The number of hydrogen-bond acceptors (Lipinski definition) is 6. The van der Waals surface area contributed by atoms with Gasteiger partial charge in [-0.2, -0.15) is 15.3 Å². The lowest BCUT2D eigenvalue weighted by atomic mass is 10.0. The van der Waals surface area contributed by atoms with Gasteiger partial charge in [-0.25, -0.2) is 4.98 Å². The second-order valence-electron chi connectivity index (χ2n) is 5.81. The van der Waals surface area contributed by atoms with Gasteiger partial charge in [-0.1, -0.05) is 0 Å². The van der Waals surface area contributed by atoms with Crippen LogP contribution in [0.25, 0.3) is 0 Å². The summed E-state index contributed by atoms with van der Waals surface area (Å²) >= 11 is 0. The highest BCUT2D eigenvalue weighted by Gasteiger charge is 2.40. The van der Waals surface area contributed by atoms with Crippen molar-refractivity contribution in [3.05, 3.63) is 12.2 Å². The van der Waals surface area contributed by atoms with E-state index in [0.717, 1.165) is 5.82 Å². The molecule has 1 atom stereocenters. The van der Waals surface area contributed by atoms with E-state index in [0.29, 0.717) is 45.4 Å². The Morgan fingerprint density at radius 3 is 3.00 bits per heavy atom. The Morgan fingerprint density at radius 1 is 1.52 bits per heavy atom. The van der Waals surface area contributed by atoms with Gasteiger partial charge in [0.1, 0.15) is 12.4 Å². The second-order valence-corrected chi connectivity index (χ2v) is 5.81. The van der Waals surface area contributed by atoms with Gasteiger partial charge >= 0.3 is 0 Å². The SMILES string of the molecule is C#CCCC1(CCC(=O)N2CCOCC2c2ncnn2C)N=N1. The quantitative estimate of drug-likeness (QED) is 0.735. The number of morpholine rings is 1. The van der Waals surface area contributed by atoms with E-state index in [1.54, 1.807) is 4.68 Å². The first-order valence-corrected chi connectivity index (χ1v) is 7.74. The molecule has 0 aromatic carbocycles. The van der Waals surface area contributed by atoms with Gasteiger partial charge in [0.25, 0.3) is 0 Å². The summed E-state index contributed by atoms with van der Waals surface area (Å²) in [5.74, 6) is 3.40. The first-order valence-electron chi connectivity index (χ1n) is 7.74. The monoisotopic (exact) mass is 316 g/mol. The topological polar surface area (TPSA) is 85.0 Å². The Morgan fingerprint density at radius 2 is 2.35 bits per heavy atom. The van der Waals surface area contributed by atoms with Crippen molar-refractivity contribution < 1.29 is 9.53 Å². The van der Waals surface area contributed by atoms with E-state index >= 15 is 0 Å². The Balaban J connectivity index is 1.61. The number of terminal acetylenes is 1. The Labute approximate surface area is 134 Å². The summed E-state index contributed by atoms with van der Waals surface area (Å²) in [7, 11) is 1.82. The summed E-state index contributed by atoms with van der Waals surface area (Å²) in [5.41, 5.74) is -0.422. The first kappa shape index (κ1) is 15.6. The molecule has 122 valence electrons. The van der Waals surface area contributed by atoms with E-state index in [1.807, 2.05) is 11.9 Å². The third kappa shape index (κ3) is 3.40. The predicted octanol–water partition coefficient (Wildman–Crippen LogP) is 1.07. The van der Waals surface area contributed by atoms with Gasteiger partial charge in [-0.05, 0) is 0 Å². The van der Waals surface area contributed by atoms with Crippen LogP contribution in [0.4, 0.5) is 0 Å². The summed E-state index contributed by atoms with van der Waals surface area (Å²) in [6.45, 7) is 1.54. The molecule has 0 spiro atoms. The lowest BCUT2D eigenvalue weighted by Gasteiger charge is -2.35. The van der Waals surface area contributed by atoms with Crippen LogP contribution >= 0.6 is 0 Å². The zero-order valence-corrected chi connectivity index (χ0v) is 13.2. The van der Waals surface area contributed by atoms with Crippen molar-refractivity contribution in [1.82, 2.24) is 19.7 Å². The maximum atomic E-state index is 12.7. The molecular weight excluding hydrogens is 296 g/mol. The van der Waals surface area contributed by atoms with Crippen molar-refractivity contribution in [2.24, 2.45) is 17.3 Å². The summed E-state index contributed by atoms with van der Waals surface area (Å²) in [6, 6.07) is -0.196. The average molecular weight is 316 g/mol. The molecule has 1 fully saturated rings. The molecule has 0 radical (unpaired) electrons. The third-order valence-corrected chi connectivity index (χ3v) is 4.29. The highest BCUT2D eigenvalue weighted by atomic mass is 16.5. The molecule has 0 aliphatic carbocycles. The normalized spacial score (nSPS) is 21.9. The Hall–Kier alpha value is -2.27. The van der Waals surface area contributed by atoms with Crippen molar-refractivity contribution in [2.45, 2.75) is 37.4 Å². The number of aromatic nitrogens is 3. The van der Waals surface area contributed by atoms with Crippen LogP contribution in [0, 0.1) is 12.3 Å². The molecule has 23 heavy (non-hydrogen) atoms. The highest BCUT2D eigenvalue weighted by Crippen LogP contribution is 2.38. The van der Waals surface area contributed by atoms with E-state index in [4.69, 9.17) is 11.2 Å². The highest BCUT2D eigenvalue weighted by molar-refractivity contribution is 5.77. The molecule has 2 aliphatic rings. The van der Waals surface area contributed by atoms with Gasteiger partial charge in [-0.3, -0.25) is 9.48 Å². The molecule has 1 amide bonds. The predicted molar refractivity (Wildman–Crippen MR) is 81.2 cm³/mol. The van der Waals surface area contributed by atoms with E-state index in [-0.39, 0.29) is 11.9 Å². The van der Waals surface area contributed by atoms with Gasteiger partial charge in [0.05, 0.1) is 13.2 Å². The molecule has 1 saturated heterocycles. The van der Waals surface area contributed by atoms with Crippen LogP contribution in [-0.2, 0) is 16.6 Å². The Bertz CT molecular complexity index is 641. The molecule has 0 saturated carbocycles. The van der Waals surface area contributed by atoms with Crippen molar-refractivity contribution in [3.8, 4) is 12.3 Å². The van der Waals surface area contributed by atoms with Crippen LogP contribution in [0.15, 0.2) is 16.6 Å². The molecule has 3 heterocycles. The van der Waals surface area contributed by atoms with E-state index in [9.17, 15) is 4.79 Å². The number of ether oxygens (including phenoxy) is 1. The first-order chi connectivity index (χ1) is 11.2. The molecule has 2 aliphatic heterocycles. The smallest absolute Gasteiger partial charge is 0.223 e. The van der Waals surface area contributed by atoms with Gasteiger partial charge in [-0.15, -0.1) is 12.3 Å². The van der Waals surface area contributed by atoms with Crippen LogP contribution < -0.4 is 0 Å². The van der Waals surface area contributed by atoms with E-state index < -0.39 is 5.66 Å².